The van der Waals surface area contributed by atoms with Gasteiger partial charge in [-0.1, -0.05) is 6.42 Å². The van der Waals surface area contributed by atoms with Crippen LogP contribution in [0.3, 0.4) is 0 Å². The number of carbonyl (C=O) groups is 1. The van der Waals surface area contributed by atoms with Crippen LogP contribution in [0, 0.1) is 0 Å². The summed E-state index contributed by atoms with van der Waals surface area (Å²) >= 11 is 0. The Bertz CT molecular complexity index is 214. The van der Waals surface area contributed by atoms with Crippen molar-refractivity contribution in [3.05, 3.63) is 0 Å². The first-order chi connectivity index (χ1) is 8.27. The highest BCUT2D eigenvalue weighted by Crippen LogP contribution is 2.07. The predicted molar refractivity (Wildman–Crippen MR) is 67.7 cm³/mol. The molecule has 5 nitrogen and oxygen atoms in total. The molecule has 1 heterocycles. The number of urea groups is 1. The van der Waals surface area contributed by atoms with Crippen molar-refractivity contribution in [1.29, 1.82) is 0 Å². The molecule has 0 bridgehead atoms. The van der Waals surface area contributed by atoms with E-state index in [1.807, 2.05) is 13.8 Å². The average Bonchev–Trinajstić information content (AvgIpc) is 2.37. The zero-order valence-electron chi connectivity index (χ0n) is 11.1. The fourth-order valence-electron chi connectivity index (χ4n) is 2.05. The molecule has 0 aromatic rings. The summed E-state index contributed by atoms with van der Waals surface area (Å²) in [4.78, 5) is 20.8. The molecule has 0 unspecified atom stereocenters. The van der Waals surface area contributed by atoms with Crippen molar-refractivity contribution >= 4 is 6.03 Å². The molecule has 0 aliphatic carbocycles. The van der Waals surface area contributed by atoms with Gasteiger partial charge in [-0.05, 0) is 39.8 Å². The number of hydroxylamine groups is 1. The number of nitrogens with zero attached hydrogens (tertiary/aromatic N) is 2. The molecule has 0 spiro atoms. The Hall–Kier alpha value is -0.810. The third kappa shape index (κ3) is 5.37. The van der Waals surface area contributed by atoms with Crippen LogP contribution in [0.1, 0.15) is 33.1 Å². The molecule has 1 N–H and O–H groups in total. The van der Waals surface area contributed by atoms with Crippen molar-refractivity contribution in [2.45, 2.75) is 33.1 Å². The van der Waals surface area contributed by atoms with Crippen molar-refractivity contribution in [2.75, 3.05) is 39.3 Å². The Morgan fingerprint density at radius 2 is 1.88 bits per heavy atom. The van der Waals surface area contributed by atoms with E-state index in [0.717, 1.165) is 19.6 Å². The van der Waals surface area contributed by atoms with E-state index in [1.54, 1.807) is 4.90 Å². The first-order valence-electron chi connectivity index (χ1n) is 6.67. The fraction of sp³-hybridized carbons (Fsp3) is 0.917. The third-order valence-corrected chi connectivity index (χ3v) is 3.17. The molecule has 2 amide bonds. The van der Waals surface area contributed by atoms with Crippen LogP contribution in [0.15, 0.2) is 0 Å². The number of amides is 2. The van der Waals surface area contributed by atoms with E-state index < -0.39 is 0 Å². The Morgan fingerprint density at radius 1 is 1.24 bits per heavy atom. The van der Waals surface area contributed by atoms with E-state index in [9.17, 15) is 4.79 Å². The Labute approximate surface area is 104 Å². The van der Waals surface area contributed by atoms with Gasteiger partial charge < -0.3 is 9.80 Å². The second kappa shape index (κ2) is 8.31. The smallest absolute Gasteiger partial charge is 0.324 e. The maximum Gasteiger partial charge on any atom is 0.341 e. The largest absolute Gasteiger partial charge is 0.341 e. The van der Waals surface area contributed by atoms with Gasteiger partial charge >= 0.3 is 6.03 Å². The van der Waals surface area contributed by atoms with Crippen LogP contribution in [0.4, 0.5) is 4.79 Å². The molecule has 17 heavy (non-hydrogen) atoms. The second-order valence-corrected chi connectivity index (χ2v) is 4.33. The van der Waals surface area contributed by atoms with E-state index in [1.165, 1.54) is 19.3 Å². The Morgan fingerprint density at radius 3 is 2.47 bits per heavy atom. The minimum Gasteiger partial charge on any atom is -0.324 e. The number of likely N-dealkylation sites (tertiary alicyclic amines) is 1. The van der Waals surface area contributed by atoms with Crippen LogP contribution in [0.2, 0.25) is 0 Å². The summed E-state index contributed by atoms with van der Waals surface area (Å²) in [6.45, 7) is 9.11. The Balaban J connectivity index is 2.04. The van der Waals surface area contributed by atoms with E-state index in [2.05, 4.69) is 10.4 Å². The zero-order valence-corrected chi connectivity index (χ0v) is 11.1. The standard InChI is InChI=1S/C12H25N3O2/c1-3-15(4-2)12(16)13-17-11-10-14-8-6-5-7-9-14/h3-11H2,1-2H3,(H,13,16). The van der Waals surface area contributed by atoms with Gasteiger partial charge in [0, 0.05) is 19.6 Å². The van der Waals surface area contributed by atoms with Crippen LogP contribution in [-0.4, -0.2) is 55.2 Å². The normalized spacial score (nSPS) is 16.8. The molecule has 0 aromatic heterocycles. The topological polar surface area (TPSA) is 44.8 Å². The molecule has 1 fully saturated rings. The van der Waals surface area contributed by atoms with Crippen LogP contribution >= 0.6 is 0 Å². The van der Waals surface area contributed by atoms with Crippen LogP contribution < -0.4 is 5.48 Å². The molecular formula is C12H25N3O2. The van der Waals surface area contributed by atoms with Gasteiger partial charge in [-0.25, -0.2) is 10.3 Å². The quantitative estimate of drug-likeness (QED) is 0.567. The minimum absolute atomic E-state index is 0.145. The lowest BCUT2D eigenvalue weighted by atomic mass is 10.1. The molecule has 1 saturated heterocycles. The summed E-state index contributed by atoms with van der Waals surface area (Å²) in [5.41, 5.74) is 2.48. The van der Waals surface area contributed by atoms with E-state index in [4.69, 9.17) is 4.84 Å². The van der Waals surface area contributed by atoms with Gasteiger partial charge in [0.1, 0.15) is 0 Å². The second-order valence-electron chi connectivity index (χ2n) is 4.33. The highest BCUT2D eigenvalue weighted by molar-refractivity contribution is 5.72. The van der Waals surface area contributed by atoms with Gasteiger partial charge in [-0.2, -0.15) is 0 Å². The van der Waals surface area contributed by atoms with Gasteiger partial charge in [-0.3, -0.25) is 4.84 Å². The van der Waals surface area contributed by atoms with Gasteiger partial charge in [0.05, 0.1) is 6.61 Å². The van der Waals surface area contributed by atoms with Gasteiger partial charge in [0.25, 0.3) is 0 Å². The first kappa shape index (κ1) is 14.3. The SMILES string of the molecule is CCN(CC)C(=O)NOCCN1CCCCC1. The molecule has 0 saturated carbocycles. The monoisotopic (exact) mass is 243 g/mol. The lowest BCUT2D eigenvalue weighted by Crippen LogP contribution is -2.41. The average molecular weight is 243 g/mol. The van der Waals surface area contributed by atoms with Crippen LogP contribution in [0.5, 0.6) is 0 Å². The number of hydrogen-bond donors (Lipinski definition) is 1. The molecule has 5 heteroatoms. The van der Waals surface area contributed by atoms with Crippen molar-refractivity contribution in [2.24, 2.45) is 0 Å². The minimum atomic E-state index is -0.145. The summed E-state index contributed by atoms with van der Waals surface area (Å²) < 4.78 is 0. The highest BCUT2D eigenvalue weighted by Gasteiger charge is 2.11. The van der Waals surface area contributed by atoms with Crippen molar-refractivity contribution in [3.63, 3.8) is 0 Å². The third-order valence-electron chi connectivity index (χ3n) is 3.17. The number of nitrogens with one attached hydrogen (secondary N) is 1. The van der Waals surface area contributed by atoms with Gasteiger partial charge in [0.2, 0.25) is 0 Å². The highest BCUT2D eigenvalue weighted by atomic mass is 16.7. The predicted octanol–water partition coefficient (Wildman–Crippen LogP) is 1.46. The zero-order chi connectivity index (χ0) is 12.5. The molecule has 1 rings (SSSR count). The molecule has 0 aromatic carbocycles. The van der Waals surface area contributed by atoms with Crippen molar-refractivity contribution < 1.29 is 9.63 Å². The number of carbonyl (C=O) groups excluding carboxylic acids is 1. The van der Waals surface area contributed by atoms with E-state index in [0.29, 0.717) is 19.7 Å². The summed E-state index contributed by atoms with van der Waals surface area (Å²) in [6, 6.07) is -0.145. The summed E-state index contributed by atoms with van der Waals surface area (Å²) in [7, 11) is 0. The number of piperidine rings is 1. The number of rotatable bonds is 6. The maximum atomic E-state index is 11.5. The van der Waals surface area contributed by atoms with E-state index >= 15 is 0 Å². The first-order valence-corrected chi connectivity index (χ1v) is 6.67. The molecule has 1 aliphatic rings. The number of hydrogen-bond acceptors (Lipinski definition) is 3. The van der Waals surface area contributed by atoms with Crippen molar-refractivity contribution in [3.8, 4) is 0 Å². The lowest BCUT2D eigenvalue weighted by Gasteiger charge is -2.26. The summed E-state index contributed by atoms with van der Waals surface area (Å²) in [6.07, 6.45) is 3.91. The molecule has 0 atom stereocenters. The van der Waals surface area contributed by atoms with Crippen LogP contribution in [-0.2, 0) is 4.84 Å². The molecular weight excluding hydrogens is 218 g/mol. The molecule has 1 aliphatic heterocycles. The fourth-order valence-corrected chi connectivity index (χ4v) is 2.05. The molecule has 100 valence electrons. The van der Waals surface area contributed by atoms with Gasteiger partial charge in [0.15, 0.2) is 0 Å². The summed E-state index contributed by atoms with van der Waals surface area (Å²) in [5, 5.41) is 0. The maximum absolute atomic E-state index is 11.5. The lowest BCUT2D eigenvalue weighted by molar-refractivity contribution is 0.0322. The van der Waals surface area contributed by atoms with Crippen molar-refractivity contribution in [1.82, 2.24) is 15.3 Å². The van der Waals surface area contributed by atoms with Crippen LogP contribution in [0.25, 0.3) is 0 Å². The van der Waals surface area contributed by atoms with E-state index in [-0.39, 0.29) is 6.03 Å². The van der Waals surface area contributed by atoms with Gasteiger partial charge in [-0.15, -0.1) is 0 Å². The summed E-state index contributed by atoms with van der Waals surface area (Å²) in [5.74, 6) is 0. The molecule has 0 radical (unpaired) electrons. The Kier molecular flexibility index (Phi) is 6.96.